The minimum Gasteiger partial charge on any atom is -0.355 e. The summed E-state index contributed by atoms with van der Waals surface area (Å²) >= 11 is 5.09. The van der Waals surface area contributed by atoms with Gasteiger partial charge in [0, 0.05) is 26.6 Å². The predicted octanol–water partition coefficient (Wildman–Crippen LogP) is 1.74. The average Bonchev–Trinajstić information content (AvgIpc) is 2.50. The molecule has 0 fully saturated rings. The topological polar surface area (TPSA) is 41.1 Å². The Morgan fingerprint density at radius 1 is 1.57 bits per heavy atom. The van der Waals surface area contributed by atoms with E-state index in [1.54, 1.807) is 11.3 Å². The van der Waals surface area contributed by atoms with Crippen LogP contribution in [0.1, 0.15) is 12.5 Å². The lowest BCUT2D eigenvalue weighted by Crippen LogP contribution is -2.29. The standard InChI is InChI=1S/C9H13BrN2OS/c1-7(13)12-3-2-11-5-8-4-9(10)14-6-8/h4,6,11H,2-3,5H2,1H3,(H,12,13). The normalized spacial score (nSPS) is 10.1. The molecule has 3 nitrogen and oxygen atoms in total. The Hall–Kier alpha value is -0.390. The Labute approximate surface area is 96.0 Å². The van der Waals surface area contributed by atoms with E-state index in [1.807, 2.05) is 0 Å². The summed E-state index contributed by atoms with van der Waals surface area (Å²) in [6.45, 7) is 3.85. The number of nitrogens with one attached hydrogen (secondary N) is 2. The van der Waals surface area contributed by atoms with Crippen LogP contribution in [-0.4, -0.2) is 19.0 Å². The molecule has 0 unspecified atom stereocenters. The molecule has 0 radical (unpaired) electrons. The number of amides is 1. The molecule has 0 aliphatic rings. The first-order valence-corrected chi connectivity index (χ1v) is 6.04. The molecule has 1 rings (SSSR count). The van der Waals surface area contributed by atoms with Gasteiger partial charge in [-0.3, -0.25) is 4.79 Å². The largest absolute Gasteiger partial charge is 0.355 e. The summed E-state index contributed by atoms with van der Waals surface area (Å²) in [6.07, 6.45) is 0. The van der Waals surface area contributed by atoms with Crippen LogP contribution in [0.5, 0.6) is 0 Å². The molecule has 0 saturated carbocycles. The van der Waals surface area contributed by atoms with Crippen LogP contribution in [0.3, 0.4) is 0 Å². The summed E-state index contributed by atoms with van der Waals surface area (Å²) in [5, 5.41) is 8.08. The van der Waals surface area contributed by atoms with Crippen molar-refractivity contribution in [3.05, 3.63) is 20.8 Å². The minimum absolute atomic E-state index is 0.0186. The van der Waals surface area contributed by atoms with Crippen molar-refractivity contribution in [3.8, 4) is 0 Å². The van der Waals surface area contributed by atoms with E-state index in [2.05, 4.69) is 38.0 Å². The number of hydrogen-bond acceptors (Lipinski definition) is 3. The van der Waals surface area contributed by atoms with Gasteiger partial charge in [0.25, 0.3) is 0 Å². The van der Waals surface area contributed by atoms with Gasteiger partial charge in [-0.05, 0) is 32.9 Å². The van der Waals surface area contributed by atoms with Crippen LogP contribution >= 0.6 is 27.3 Å². The van der Waals surface area contributed by atoms with Crippen molar-refractivity contribution >= 4 is 33.2 Å². The van der Waals surface area contributed by atoms with Crippen LogP contribution in [-0.2, 0) is 11.3 Å². The number of thiophene rings is 1. The molecule has 78 valence electrons. The number of rotatable bonds is 5. The van der Waals surface area contributed by atoms with Crippen molar-refractivity contribution in [1.29, 1.82) is 0 Å². The maximum Gasteiger partial charge on any atom is 0.216 e. The zero-order valence-electron chi connectivity index (χ0n) is 7.97. The van der Waals surface area contributed by atoms with E-state index in [9.17, 15) is 4.79 Å². The maximum absolute atomic E-state index is 10.5. The van der Waals surface area contributed by atoms with E-state index < -0.39 is 0 Å². The quantitative estimate of drug-likeness (QED) is 0.805. The lowest BCUT2D eigenvalue weighted by molar-refractivity contribution is -0.118. The number of hydrogen-bond donors (Lipinski definition) is 2. The number of carbonyl (C=O) groups excluding carboxylic acids is 1. The van der Waals surface area contributed by atoms with Gasteiger partial charge < -0.3 is 10.6 Å². The minimum atomic E-state index is 0.0186. The van der Waals surface area contributed by atoms with Crippen LogP contribution in [0, 0.1) is 0 Å². The molecule has 1 aromatic heterocycles. The van der Waals surface area contributed by atoms with Crippen LogP contribution in [0.25, 0.3) is 0 Å². The SMILES string of the molecule is CC(=O)NCCNCc1csc(Br)c1. The Kier molecular flexibility index (Phi) is 5.14. The van der Waals surface area contributed by atoms with E-state index in [4.69, 9.17) is 0 Å². The molecule has 14 heavy (non-hydrogen) atoms. The third-order valence-electron chi connectivity index (χ3n) is 1.63. The lowest BCUT2D eigenvalue weighted by Gasteiger charge is -2.03. The summed E-state index contributed by atoms with van der Waals surface area (Å²) in [7, 11) is 0. The first kappa shape index (κ1) is 11.7. The first-order chi connectivity index (χ1) is 6.68. The fourth-order valence-corrected chi connectivity index (χ4v) is 2.21. The second-order valence-electron chi connectivity index (χ2n) is 2.92. The Morgan fingerprint density at radius 2 is 2.36 bits per heavy atom. The van der Waals surface area contributed by atoms with Crippen molar-refractivity contribution in [3.63, 3.8) is 0 Å². The van der Waals surface area contributed by atoms with Gasteiger partial charge in [-0.1, -0.05) is 0 Å². The third-order valence-corrected chi connectivity index (χ3v) is 3.18. The van der Waals surface area contributed by atoms with Crippen LogP contribution in [0.4, 0.5) is 0 Å². The number of halogens is 1. The van der Waals surface area contributed by atoms with Gasteiger partial charge in [0.1, 0.15) is 0 Å². The molecule has 0 bridgehead atoms. The van der Waals surface area contributed by atoms with Crippen molar-refractivity contribution in [2.75, 3.05) is 13.1 Å². The summed E-state index contributed by atoms with van der Waals surface area (Å²) in [6, 6.07) is 2.09. The molecule has 0 aromatic carbocycles. The van der Waals surface area contributed by atoms with Crippen molar-refractivity contribution in [1.82, 2.24) is 10.6 Å². The van der Waals surface area contributed by atoms with Gasteiger partial charge in [-0.15, -0.1) is 11.3 Å². The molecular formula is C9H13BrN2OS. The van der Waals surface area contributed by atoms with E-state index in [0.717, 1.165) is 16.9 Å². The van der Waals surface area contributed by atoms with E-state index in [0.29, 0.717) is 6.54 Å². The average molecular weight is 277 g/mol. The summed E-state index contributed by atoms with van der Waals surface area (Å²) in [4.78, 5) is 10.5. The zero-order chi connectivity index (χ0) is 10.4. The van der Waals surface area contributed by atoms with E-state index >= 15 is 0 Å². The molecule has 0 spiro atoms. The molecule has 5 heteroatoms. The molecule has 0 saturated heterocycles. The molecular weight excluding hydrogens is 264 g/mol. The third kappa shape index (κ3) is 4.74. The summed E-state index contributed by atoms with van der Waals surface area (Å²) in [5.41, 5.74) is 1.27. The number of carbonyl (C=O) groups is 1. The van der Waals surface area contributed by atoms with Crippen LogP contribution < -0.4 is 10.6 Å². The van der Waals surface area contributed by atoms with Crippen molar-refractivity contribution in [2.45, 2.75) is 13.5 Å². The monoisotopic (exact) mass is 276 g/mol. The second kappa shape index (κ2) is 6.16. The Bertz CT molecular complexity index is 301. The molecule has 1 amide bonds. The Morgan fingerprint density at radius 3 is 2.93 bits per heavy atom. The molecule has 0 aliphatic heterocycles. The van der Waals surface area contributed by atoms with E-state index in [1.165, 1.54) is 12.5 Å². The van der Waals surface area contributed by atoms with Gasteiger partial charge in [-0.2, -0.15) is 0 Å². The second-order valence-corrected chi connectivity index (χ2v) is 5.21. The van der Waals surface area contributed by atoms with Crippen molar-refractivity contribution in [2.24, 2.45) is 0 Å². The maximum atomic E-state index is 10.5. The fourth-order valence-electron chi connectivity index (χ4n) is 0.998. The molecule has 0 atom stereocenters. The predicted molar refractivity (Wildman–Crippen MR) is 62.4 cm³/mol. The zero-order valence-corrected chi connectivity index (χ0v) is 10.4. The van der Waals surface area contributed by atoms with Gasteiger partial charge in [0.05, 0.1) is 3.79 Å². The lowest BCUT2D eigenvalue weighted by atomic mass is 10.3. The molecule has 2 N–H and O–H groups in total. The molecule has 0 aliphatic carbocycles. The highest BCUT2D eigenvalue weighted by Gasteiger charge is 1.96. The van der Waals surface area contributed by atoms with Crippen LogP contribution in [0.15, 0.2) is 15.2 Å². The Balaban J connectivity index is 2.07. The highest BCUT2D eigenvalue weighted by molar-refractivity contribution is 9.11. The summed E-state index contributed by atoms with van der Waals surface area (Å²) in [5.74, 6) is 0.0186. The van der Waals surface area contributed by atoms with E-state index in [-0.39, 0.29) is 5.91 Å². The van der Waals surface area contributed by atoms with Crippen LogP contribution in [0.2, 0.25) is 0 Å². The van der Waals surface area contributed by atoms with Gasteiger partial charge in [0.2, 0.25) is 5.91 Å². The molecule has 1 aromatic rings. The van der Waals surface area contributed by atoms with Gasteiger partial charge >= 0.3 is 0 Å². The summed E-state index contributed by atoms with van der Waals surface area (Å²) < 4.78 is 1.15. The van der Waals surface area contributed by atoms with Crippen molar-refractivity contribution < 1.29 is 4.79 Å². The highest BCUT2D eigenvalue weighted by Crippen LogP contribution is 2.20. The smallest absolute Gasteiger partial charge is 0.216 e. The highest BCUT2D eigenvalue weighted by atomic mass is 79.9. The first-order valence-electron chi connectivity index (χ1n) is 4.36. The molecule has 1 heterocycles. The fraction of sp³-hybridized carbons (Fsp3) is 0.444. The van der Waals surface area contributed by atoms with Gasteiger partial charge in [0.15, 0.2) is 0 Å². The van der Waals surface area contributed by atoms with Gasteiger partial charge in [-0.25, -0.2) is 0 Å².